The molecule has 5 heteroatoms. The number of aryl methyl sites for hydroxylation is 1. The molecule has 0 fully saturated rings. The Kier molecular flexibility index (Phi) is 4.15. The van der Waals surface area contributed by atoms with Crippen LogP contribution < -0.4 is 10.6 Å². The van der Waals surface area contributed by atoms with Crippen LogP contribution in [0.5, 0.6) is 0 Å². The van der Waals surface area contributed by atoms with Gasteiger partial charge >= 0.3 is 0 Å². The molecule has 2 aromatic rings. The molecule has 18 heavy (non-hydrogen) atoms. The summed E-state index contributed by atoms with van der Waals surface area (Å²) in [6.45, 7) is 5.96. The van der Waals surface area contributed by atoms with Crippen LogP contribution in [0.4, 0.5) is 10.8 Å². The zero-order valence-corrected chi connectivity index (χ0v) is 11.6. The lowest BCUT2D eigenvalue weighted by Crippen LogP contribution is -2.21. The monoisotopic (exact) mass is 262 g/mol. The van der Waals surface area contributed by atoms with Crippen molar-refractivity contribution < 1.29 is 0 Å². The van der Waals surface area contributed by atoms with Crippen molar-refractivity contribution in [2.24, 2.45) is 0 Å². The maximum Gasteiger partial charge on any atom is 0.205 e. The second-order valence-electron chi connectivity index (χ2n) is 4.10. The fraction of sp³-hybridized carbons (Fsp3) is 0.385. The van der Waals surface area contributed by atoms with Gasteiger partial charge in [0.2, 0.25) is 5.13 Å². The highest BCUT2D eigenvalue weighted by Crippen LogP contribution is 2.20. The summed E-state index contributed by atoms with van der Waals surface area (Å²) in [5, 5.41) is 0.992. The molecule has 4 nitrogen and oxygen atoms in total. The Labute approximate surface area is 112 Å². The standard InChI is InChI=1S/C13H18N4S/c1-3-12-15-13(18-16-12)17(4-2)9-10-5-7-11(14)8-6-10/h5-8H,3-4,9,14H2,1-2H3. The third kappa shape index (κ3) is 2.98. The van der Waals surface area contributed by atoms with Gasteiger partial charge in [-0.05, 0) is 24.6 Å². The number of hydrogen-bond donors (Lipinski definition) is 1. The summed E-state index contributed by atoms with van der Waals surface area (Å²) in [5.41, 5.74) is 7.72. The van der Waals surface area contributed by atoms with E-state index >= 15 is 0 Å². The van der Waals surface area contributed by atoms with E-state index in [0.717, 1.165) is 36.2 Å². The molecule has 0 spiro atoms. The van der Waals surface area contributed by atoms with Crippen LogP contribution in [-0.2, 0) is 13.0 Å². The van der Waals surface area contributed by atoms with Gasteiger partial charge in [-0.3, -0.25) is 0 Å². The van der Waals surface area contributed by atoms with Crippen LogP contribution in [0.2, 0.25) is 0 Å². The van der Waals surface area contributed by atoms with E-state index in [1.54, 1.807) is 0 Å². The van der Waals surface area contributed by atoms with Gasteiger partial charge in [0.25, 0.3) is 0 Å². The van der Waals surface area contributed by atoms with E-state index in [0.29, 0.717) is 0 Å². The molecule has 0 saturated heterocycles. The molecule has 1 aromatic heterocycles. The van der Waals surface area contributed by atoms with Gasteiger partial charge in [-0.25, -0.2) is 4.98 Å². The van der Waals surface area contributed by atoms with Gasteiger partial charge in [0, 0.05) is 36.7 Å². The van der Waals surface area contributed by atoms with E-state index in [1.807, 2.05) is 12.1 Å². The van der Waals surface area contributed by atoms with Crippen molar-refractivity contribution in [3.05, 3.63) is 35.7 Å². The van der Waals surface area contributed by atoms with Crippen LogP contribution in [0.25, 0.3) is 0 Å². The molecular formula is C13H18N4S. The third-order valence-electron chi connectivity index (χ3n) is 2.78. The lowest BCUT2D eigenvalue weighted by atomic mass is 10.2. The minimum absolute atomic E-state index is 0.797. The molecule has 1 aromatic carbocycles. The van der Waals surface area contributed by atoms with Crippen LogP contribution >= 0.6 is 11.5 Å². The first kappa shape index (κ1) is 12.8. The highest BCUT2D eigenvalue weighted by atomic mass is 32.1. The summed E-state index contributed by atoms with van der Waals surface area (Å²) in [6, 6.07) is 7.97. The Bertz CT molecular complexity index is 492. The summed E-state index contributed by atoms with van der Waals surface area (Å²) in [6.07, 6.45) is 0.885. The van der Waals surface area contributed by atoms with Crippen molar-refractivity contribution in [3.8, 4) is 0 Å². The molecule has 0 unspecified atom stereocenters. The SMILES string of the molecule is CCc1nsc(N(CC)Cc2ccc(N)cc2)n1. The Morgan fingerprint density at radius 2 is 1.94 bits per heavy atom. The quantitative estimate of drug-likeness (QED) is 0.842. The molecule has 2 rings (SSSR count). The summed E-state index contributed by atoms with van der Waals surface area (Å²) in [5.74, 6) is 0.922. The van der Waals surface area contributed by atoms with Crippen molar-refractivity contribution in [1.82, 2.24) is 9.36 Å². The normalized spacial score (nSPS) is 10.6. The smallest absolute Gasteiger partial charge is 0.205 e. The van der Waals surface area contributed by atoms with Gasteiger partial charge < -0.3 is 10.6 Å². The first-order valence-corrected chi connectivity index (χ1v) is 6.92. The average molecular weight is 262 g/mol. The molecule has 0 amide bonds. The summed E-state index contributed by atoms with van der Waals surface area (Å²) in [7, 11) is 0. The van der Waals surface area contributed by atoms with E-state index in [1.165, 1.54) is 17.1 Å². The molecule has 0 atom stereocenters. The lowest BCUT2D eigenvalue weighted by molar-refractivity contribution is 0.820. The molecule has 1 heterocycles. The van der Waals surface area contributed by atoms with Crippen molar-refractivity contribution in [2.45, 2.75) is 26.8 Å². The molecule has 0 aliphatic carbocycles. The minimum atomic E-state index is 0.797. The molecular weight excluding hydrogens is 244 g/mol. The first-order chi connectivity index (χ1) is 8.72. The maximum atomic E-state index is 5.69. The molecule has 96 valence electrons. The van der Waals surface area contributed by atoms with Gasteiger partial charge in [0.05, 0.1) is 0 Å². The molecule has 0 saturated carbocycles. The first-order valence-electron chi connectivity index (χ1n) is 6.14. The summed E-state index contributed by atoms with van der Waals surface area (Å²) < 4.78 is 4.33. The van der Waals surface area contributed by atoms with Crippen LogP contribution in [-0.4, -0.2) is 15.9 Å². The predicted octanol–water partition coefficient (Wildman–Crippen LogP) is 2.71. The molecule has 0 aliphatic heterocycles. The molecule has 2 N–H and O–H groups in total. The average Bonchev–Trinajstić information content (AvgIpc) is 2.87. The zero-order chi connectivity index (χ0) is 13.0. The highest BCUT2D eigenvalue weighted by Gasteiger charge is 2.10. The van der Waals surface area contributed by atoms with Crippen molar-refractivity contribution in [1.29, 1.82) is 0 Å². The second kappa shape index (κ2) is 5.82. The maximum absolute atomic E-state index is 5.69. The number of nitrogens with two attached hydrogens (primary N) is 1. The van der Waals surface area contributed by atoms with Gasteiger partial charge in [0.1, 0.15) is 5.82 Å². The van der Waals surface area contributed by atoms with E-state index in [9.17, 15) is 0 Å². The number of hydrogen-bond acceptors (Lipinski definition) is 5. The fourth-order valence-electron chi connectivity index (χ4n) is 1.67. The van der Waals surface area contributed by atoms with E-state index < -0.39 is 0 Å². The minimum Gasteiger partial charge on any atom is -0.399 e. The van der Waals surface area contributed by atoms with Crippen LogP contribution in [0, 0.1) is 0 Å². The third-order valence-corrected chi connectivity index (χ3v) is 3.59. The number of aromatic nitrogens is 2. The Balaban J connectivity index is 2.11. The van der Waals surface area contributed by atoms with Crippen molar-refractivity contribution in [2.75, 3.05) is 17.2 Å². The Morgan fingerprint density at radius 3 is 2.50 bits per heavy atom. The predicted molar refractivity (Wildman–Crippen MR) is 76.9 cm³/mol. The summed E-state index contributed by atoms with van der Waals surface area (Å²) >= 11 is 1.47. The van der Waals surface area contributed by atoms with Gasteiger partial charge in [0.15, 0.2) is 0 Å². The molecule has 0 aliphatic rings. The van der Waals surface area contributed by atoms with Crippen LogP contribution in [0.15, 0.2) is 24.3 Å². The van der Waals surface area contributed by atoms with Crippen molar-refractivity contribution >= 4 is 22.4 Å². The summed E-state index contributed by atoms with van der Waals surface area (Å²) in [4.78, 5) is 6.75. The Hall–Kier alpha value is -1.62. The van der Waals surface area contributed by atoms with Gasteiger partial charge in [-0.2, -0.15) is 4.37 Å². The van der Waals surface area contributed by atoms with E-state index in [-0.39, 0.29) is 0 Å². The molecule has 0 bridgehead atoms. The van der Waals surface area contributed by atoms with E-state index in [2.05, 4.69) is 40.2 Å². The second-order valence-corrected chi connectivity index (χ2v) is 4.83. The zero-order valence-electron chi connectivity index (χ0n) is 10.8. The van der Waals surface area contributed by atoms with Crippen LogP contribution in [0.3, 0.4) is 0 Å². The lowest BCUT2D eigenvalue weighted by Gasteiger charge is -2.19. The van der Waals surface area contributed by atoms with Gasteiger partial charge in [-0.15, -0.1) is 0 Å². The number of anilines is 2. The van der Waals surface area contributed by atoms with Crippen molar-refractivity contribution in [3.63, 3.8) is 0 Å². The largest absolute Gasteiger partial charge is 0.399 e. The molecule has 0 radical (unpaired) electrons. The fourth-order valence-corrected chi connectivity index (χ4v) is 2.49. The Morgan fingerprint density at radius 1 is 1.22 bits per heavy atom. The number of nitrogen functional groups attached to an aromatic ring is 1. The number of nitrogens with zero attached hydrogens (tertiary/aromatic N) is 3. The number of benzene rings is 1. The van der Waals surface area contributed by atoms with E-state index in [4.69, 9.17) is 5.73 Å². The topological polar surface area (TPSA) is 55.0 Å². The number of rotatable bonds is 5. The van der Waals surface area contributed by atoms with Gasteiger partial charge in [-0.1, -0.05) is 19.1 Å². The highest BCUT2D eigenvalue weighted by molar-refractivity contribution is 7.09. The van der Waals surface area contributed by atoms with Crippen LogP contribution in [0.1, 0.15) is 25.2 Å².